The second-order valence-electron chi connectivity index (χ2n) is 6.71. The molecule has 3 aromatic rings. The van der Waals surface area contributed by atoms with E-state index < -0.39 is 17.2 Å². The minimum atomic E-state index is -0.550. The molecule has 0 radical (unpaired) electrons. The fourth-order valence-electron chi connectivity index (χ4n) is 3.32. The second-order valence-corrected chi connectivity index (χ2v) is 6.71. The van der Waals surface area contributed by atoms with E-state index in [0.29, 0.717) is 48.0 Å². The van der Waals surface area contributed by atoms with Crippen molar-refractivity contribution in [1.82, 2.24) is 19.1 Å². The highest BCUT2D eigenvalue weighted by molar-refractivity contribution is 5.92. The van der Waals surface area contributed by atoms with Crippen molar-refractivity contribution in [2.45, 2.75) is 53.3 Å². The van der Waals surface area contributed by atoms with E-state index in [9.17, 15) is 14.4 Å². The molecular weight excluding hydrogens is 388 g/mol. The van der Waals surface area contributed by atoms with Crippen LogP contribution in [-0.2, 0) is 24.4 Å². The molecule has 0 saturated heterocycles. The molecule has 0 spiro atoms. The van der Waals surface area contributed by atoms with Crippen LogP contribution in [0.2, 0.25) is 0 Å². The number of carbonyl (C=O) groups is 1. The molecule has 0 aliphatic heterocycles. The van der Waals surface area contributed by atoms with Gasteiger partial charge in [0.1, 0.15) is 23.7 Å². The molecular formula is C21H26N4O5. The summed E-state index contributed by atoms with van der Waals surface area (Å²) in [5.41, 5.74) is -0.0720. The molecule has 1 aromatic carbocycles. The molecule has 0 fully saturated rings. The van der Waals surface area contributed by atoms with Crippen molar-refractivity contribution < 1.29 is 14.3 Å². The van der Waals surface area contributed by atoms with Crippen molar-refractivity contribution in [3.8, 4) is 5.75 Å². The van der Waals surface area contributed by atoms with Gasteiger partial charge in [0.2, 0.25) is 0 Å². The summed E-state index contributed by atoms with van der Waals surface area (Å²) in [5, 5.41) is 0. The lowest BCUT2D eigenvalue weighted by Crippen LogP contribution is -2.31. The minimum absolute atomic E-state index is 0.136. The van der Waals surface area contributed by atoms with Crippen molar-refractivity contribution >= 4 is 17.1 Å². The molecule has 0 aliphatic rings. The lowest BCUT2D eigenvalue weighted by molar-refractivity contribution is 0.0454. The van der Waals surface area contributed by atoms with Crippen LogP contribution in [0.5, 0.6) is 5.75 Å². The highest BCUT2D eigenvalue weighted by Crippen LogP contribution is 2.20. The van der Waals surface area contributed by atoms with Gasteiger partial charge in [0, 0.05) is 13.1 Å². The number of imidazole rings is 1. The van der Waals surface area contributed by atoms with E-state index in [1.165, 1.54) is 4.57 Å². The number of rotatable bonds is 9. The number of fused-ring (bicyclic) bond motifs is 1. The number of carbonyl (C=O) groups excluding carboxylic acids is 1. The van der Waals surface area contributed by atoms with Gasteiger partial charge in [-0.2, -0.15) is 0 Å². The summed E-state index contributed by atoms with van der Waals surface area (Å²) in [5.74, 6) is 0.293. The van der Waals surface area contributed by atoms with Crippen LogP contribution >= 0.6 is 0 Å². The van der Waals surface area contributed by atoms with Crippen molar-refractivity contribution in [3.63, 3.8) is 0 Å². The van der Waals surface area contributed by atoms with Gasteiger partial charge < -0.3 is 14.0 Å². The number of ether oxygens (including phenoxy) is 2. The van der Waals surface area contributed by atoms with Crippen LogP contribution in [-0.4, -0.2) is 31.7 Å². The number of esters is 1. The van der Waals surface area contributed by atoms with E-state index in [1.54, 1.807) is 28.8 Å². The number of H-pyrrole nitrogens is 1. The predicted octanol–water partition coefficient (Wildman–Crippen LogP) is 2.46. The van der Waals surface area contributed by atoms with Gasteiger partial charge in [-0.1, -0.05) is 25.5 Å². The summed E-state index contributed by atoms with van der Waals surface area (Å²) in [7, 11) is 0. The molecule has 2 heterocycles. The van der Waals surface area contributed by atoms with E-state index in [2.05, 4.69) is 9.97 Å². The van der Waals surface area contributed by atoms with E-state index in [-0.39, 0.29) is 6.61 Å². The molecule has 9 nitrogen and oxygen atoms in total. The van der Waals surface area contributed by atoms with Crippen molar-refractivity contribution in [3.05, 3.63) is 56.5 Å². The summed E-state index contributed by atoms with van der Waals surface area (Å²) in [4.78, 5) is 44.2. The Bertz CT molecular complexity index is 1160. The first-order chi connectivity index (χ1) is 14.5. The third kappa shape index (κ3) is 4.14. The number of aromatic amines is 1. The number of para-hydroxylation sites is 1. The monoisotopic (exact) mass is 414 g/mol. The van der Waals surface area contributed by atoms with E-state index in [0.717, 1.165) is 12.8 Å². The summed E-state index contributed by atoms with van der Waals surface area (Å²) in [6.07, 6.45) is 1.67. The Morgan fingerprint density at radius 2 is 1.90 bits per heavy atom. The standard InChI is InChI=1S/C21H26N4O5/c1-4-7-12-25-18-17(19(26)23-21(25)28)24(5-2)16(22-18)13-30-20(27)14-10-8-9-11-15(14)29-6-3/h8-11H,4-7,12-13H2,1-3H3,(H,23,26,28). The molecule has 0 unspecified atom stereocenters. The Morgan fingerprint density at radius 1 is 1.13 bits per heavy atom. The Hall–Kier alpha value is -3.36. The molecule has 0 amide bonds. The number of nitrogens with zero attached hydrogens (tertiary/aromatic N) is 3. The van der Waals surface area contributed by atoms with Crippen LogP contribution in [0.25, 0.3) is 11.2 Å². The number of aryl methyl sites for hydroxylation is 2. The normalized spacial score (nSPS) is 11.0. The van der Waals surface area contributed by atoms with Gasteiger partial charge in [0.05, 0.1) is 6.61 Å². The van der Waals surface area contributed by atoms with Crippen LogP contribution in [0.1, 0.15) is 49.8 Å². The first-order valence-electron chi connectivity index (χ1n) is 10.1. The maximum atomic E-state index is 12.6. The van der Waals surface area contributed by atoms with Crippen LogP contribution in [0, 0.1) is 0 Å². The number of hydrogen-bond acceptors (Lipinski definition) is 6. The van der Waals surface area contributed by atoms with Crippen molar-refractivity contribution in [2.75, 3.05) is 6.61 Å². The number of benzene rings is 1. The van der Waals surface area contributed by atoms with Gasteiger partial charge in [-0.05, 0) is 32.4 Å². The first-order valence-corrected chi connectivity index (χ1v) is 10.1. The summed E-state index contributed by atoms with van der Waals surface area (Å²) >= 11 is 0. The zero-order valence-corrected chi connectivity index (χ0v) is 17.4. The molecule has 9 heteroatoms. The Kier molecular flexibility index (Phi) is 6.71. The molecule has 2 aromatic heterocycles. The molecule has 0 aliphatic carbocycles. The average molecular weight is 414 g/mol. The summed E-state index contributed by atoms with van der Waals surface area (Å²) in [6, 6.07) is 6.84. The molecule has 0 atom stereocenters. The van der Waals surface area contributed by atoms with Gasteiger partial charge in [0.15, 0.2) is 11.2 Å². The SMILES string of the molecule is CCCCn1c(=O)[nH]c(=O)c2c1nc(COC(=O)c1ccccc1OCC)n2CC. The number of unbranched alkanes of at least 4 members (excludes halogenated alkanes) is 1. The average Bonchev–Trinajstić information content (AvgIpc) is 3.11. The van der Waals surface area contributed by atoms with E-state index in [4.69, 9.17) is 9.47 Å². The third-order valence-corrected chi connectivity index (χ3v) is 4.76. The maximum Gasteiger partial charge on any atom is 0.342 e. The van der Waals surface area contributed by atoms with Gasteiger partial charge in [-0.15, -0.1) is 0 Å². The smallest absolute Gasteiger partial charge is 0.342 e. The third-order valence-electron chi connectivity index (χ3n) is 4.76. The van der Waals surface area contributed by atoms with Crippen LogP contribution < -0.4 is 16.0 Å². The number of hydrogen-bond donors (Lipinski definition) is 1. The van der Waals surface area contributed by atoms with E-state index in [1.807, 2.05) is 20.8 Å². The van der Waals surface area contributed by atoms with Crippen LogP contribution in [0.3, 0.4) is 0 Å². The Morgan fingerprint density at radius 3 is 2.60 bits per heavy atom. The predicted molar refractivity (Wildman–Crippen MR) is 112 cm³/mol. The van der Waals surface area contributed by atoms with Gasteiger partial charge >= 0.3 is 11.7 Å². The molecule has 0 bridgehead atoms. The topological polar surface area (TPSA) is 108 Å². The molecule has 3 rings (SSSR count). The fraction of sp³-hybridized carbons (Fsp3) is 0.429. The van der Waals surface area contributed by atoms with Gasteiger partial charge in [-0.3, -0.25) is 14.3 Å². The molecule has 30 heavy (non-hydrogen) atoms. The first kappa shape index (κ1) is 21.4. The summed E-state index contributed by atoms with van der Waals surface area (Å²) in [6.45, 7) is 6.89. The molecule has 1 N–H and O–H groups in total. The Labute approximate surface area is 173 Å². The van der Waals surface area contributed by atoms with Gasteiger partial charge in [-0.25, -0.2) is 14.6 Å². The second kappa shape index (κ2) is 9.43. The molecule has 160 valence electrons. The number of aromatic nitrogens is 4. The molecule has 0 saturated carbocycles. The van der Waals surface area contributed by atoms with E-state index >= 15 is 0 Å². The maximum absolute atomic E-state index is 12.6. The highest BCUT2D eigenvalue weighted by Gasteiger charge is 2.20. The fourth-order valence-corrected chi connectivity index (χ4v) is 3.32. The van der Waals surface area contributed by atoms with Crippen molar-refractivity contribution in [1.29, 1.82) is 0 Å². The minimum Gasteiger partial charge on any atom is -0.493 e. The summed E-state index contributed by atoms with van der Waals surface area (Å²) < 4.78 is 14.1. The van der Waals surface area contributed by atoms with Gasteiger partial charge in [0.25, 0.3) is 5.56 Å². The lowest BCUT2D eigenvalue weighted by Gasteiger charge is -2.10. The van der Waals surface area contributed by atoms with Crippen molar-refractivity contribution in [2.24, 2.45) is 0 Å². The number of nitrogens with one attached hydrogen (secondary N) is 1. The zero-order chi connectivity index (χ0) is 21.7. The quantitative estimate of drug-likeness (QED) is 0.539. The van der Waals surface area contributed by atoms with Crippen LogP contribution in [0.15, 0.2) is 33.9 Å². The lowest BCUT2D eigenvalue weighted by atomic mass is 10.2. The zero-order valence-electron chi connectivity index (χ0n) is 17.4. The largest absolute Gasteiger partial charge is 0.493 e. The van der Waals surface area contributed by atoms with Crippen LogP contribution in [0.4, 0.5) is 0 Å². The Balaban J connectivity index is 1.95. The highest BCUT2D eigenvalue weighted by atomic mass is 16.5.